The van der Waals surface area contributed by atoms with E-state index in [1.165, 1.54) is 6.33 Å². The molecule has 6 heteroatoms. The number of nitrogens with two attached hydrogens (primary N) is 1. The monoisotopic (exact) mass is 321 g/mol. The van der Waals surface area contributed by atoms with Gasteiger partial charge in [0, 0.05) is 18.9 Å². The van der Waals surface area contributed by atoms with Crippen molar-refractivity contribution < 1.29 is 4.74 Å². The molecule has 0 aliphatic heterocycles. The van der Waals surface area contributed by atoms with Crippen LogP contribution in [0.15, 0.2) is 49.1 Å². The lowest BCUT2D eigenvalue weighted by atomic mass is 10.1. The average Bonchev–Trinajstić information content (AvgIpc) is 2.56. The predicted molar refractivity (Wildman–Crippen MR) is 94.0 cm³/mol. The molecule has 3 N–H and O–H groups in total. The quantitative estimate of drug-likeness (QED) is 0.748. The second-order valence-electron chi connectivity index (χ2n) is 5.58. The zero-order valence-corrected chi connectivity index (χ0v) is 13.7. The molecular weight excluding hydrogens is 302 g/mol. The minimum absolute atomic E-state index is 0.337. The fraction of sp³-hybridized carbons (Fsp3) is 0.167. The maximum atomic E-state index is 6.14. The summed E-state index contributed by atoms with van der Waals surface area (Å²) in [6.07, 6.45) is 4.95. The Kier molecular flexibility index (Phi) is 4.56. The van der Waals surface area contributed by atoms with Gasteiger partial charge in [0.1, 0.15) is 17.8 Å². The maximum Gasteiger partial charge on any atom is 0.248 e. The van der Waals surface area contributed by atoms with Crippen molar-refractivity contribution >= 4 is 11.5 Å². The zero-order valence-electron chi connectivity index (χ0n) is 13.7. The van der Waals surface area contributed by atoms with Crippen LogP contribution in [0.1, 0.15) is 16.7 Å². The fourth-order valence-electron chi connectivity index (χ4n) is 2.39. The highest BCUT2D eigenvalue weighted by molar-refractivity contribution is 5.67. The Hall–Kier alpha value is -3.15. The molecule has 3 rings (SSSR count). The normalized spacial score (nSPS) is 10.4. The molecule has 1 aromatic carbocycles. The third-order valence-electron chi connectivity index (χ3n) is 3.44. The minimum Gasteiger partial charge on any atom is -0.437 e. The Morgan fingerprint density at radius 1 is 1.12 bits per heavy atom. The maximum absolute atomic E-state index is 6.14. The first-order valence-corrected chi connectivity index (χ1v) is 7.61. The van der Waals surface area contributed by atoms with E-state index in [9.17, 15) is 0 Å². The topological polar surface area (TPSA) is 86.0 Å². The number of hydrogen-bond acceptors (Lipinski definition) is 6. The van der Waals surface area contributed by atoms with Gasteiger partial charge in [-0.25, -0.2) is 4.98 Å². The summed E-state index contributed by atoms with van der Waals surface area (Å²) in [5, 5.41) is 3.18. The van der Waals surface area contributed by atoms with Crippen molar-refractivity contribution in [1.82, 2.24) is 15.0 Å². The lowest BCUT2D eigenvalue weighted by Crippen LogP contribution is -2.07. The predicted octanol–water partition coefficient (Wildman–Crippen LogP) is 3.48. The first-order chi connectivity index (χ1) is 11.6. The Balaban J connectivity index is 1.77. The van der Waals surface area contributed by atoms with E-state index < -0.39 is 0 Å². The number of nitrogen functional groups attached to an aromatic ring is 1. The van der Waals surface area contributed by atoms with E-state index >= 15 is 0 Å². The van der Waals surface area contributed by atoms with Crippen molar-refractivity contribution in [1.29, 1.82) is 0 Å². The van der Waals surface area contributed by atoms with E-state index in [0.717, 1.165) is 16.7 Å². The summed E-state index contributed by atoms with van der Waals surface area (Å²) in [4.78, 5) is 12.4. The average molecular weight is 321 g/mol. The summed E-state index contributed by atoms with van der Waals surface area (Å²) < 4.78 is 5.84. The molecule has 0 unspecified atom stereocenters. The van der Waals surface area contributed by atoms with Crippen LogP contribution in [0.25, 0.3) is 0 Å². The smallest absolute Gasteiger partial charge is 0.248 e. The lowest BCUT2D eigenvalue weighted by Gasteiger charge is -2.12. The summed E-state index contributed by atoms with van der Waals surface area (Å²) in [6.45, 7) is 4.60. The summed E-state index contributed by atoms with van der Waals surface area (Å²) in [5.74, 6) is 1.58. The van der Waals surface area contributed by atoms with Crippen LogP contribution in [0.3, 0.4) is 0 Å². The largest absolute Gasteiger partial charge is 0.437 e. The van der Waals surface area contributed by atoms with Crippen molar-refractivity contribution in [2.45, 2.75) is 20.4 Å². The van der Waals surface area contributed by atoms with Crippen LogP contribution in [-0.4, -0.2) is 15.0 Å². The SMILES string of the molecule is Cc1cc(C)cc(Oc2ncnc(NCc3cccnc3)c2N)c1. The van der Waals surface area contributed by atoms with Gasteiger partial charge in [0.05, 0.1) is 0 Å². The highest BCUT2D eigenvalue weighted by Gasteiger charge is 2.10. The zero-order chi connectivity index (χ0) is 16.9. The molecule has 0 saturated heterocycles. The molecule has 0 bridgehead atoms. The number of nitrogens with one attached hydrogen (secondary N) is 1. The number of benzene rings is 1. The van der Waals surface area contributed by atoms with Gasteiger partial charge in [-0.3, -0.25) is 4.98 Å². The number of anilines is 2. The number of aromatic nitrogens is 3. The van der Waals surface area contributed by atoms with Gasteiger partial charge in [0.15, 0.2) is 5.82 Å². The molecule has 2 aromatic heterocycles. The summed E-state index contributed by atoms with van der Waals surface area (Å²) in [7, 11) is 0. The molecule has 3 aromatic rings. The summed E-state index contributed by atoms with van der Waals surface area (Å²) >= 11 is 0. The Morgan fingerprint density at radius 2 is 1.92 bits per heavy atom. The Morgan fingerprint density at radius 3 is 2.62 bits per heavy atom. The summed E-state index contributed by atoms with van der Waals surface area (Å²) in [5.41, 5.74) is 9.79. The van der Waals surface area contributed by atoms with Gasteiger partial charge in [0.25, 0.3) is 0 Å². The van der Waals surface area contributed by atoms with Crippen molar-refractivity contribution in [2.24, 2.45) is 0 Å². The fourth-order valence-corrected chi connectivity index (χ4v) is 2.39. The van der Waals surface area contributed by atoms with E-state index in [2.05, 4.69) is 26.3 Å². The standard InChI is InChI=1S/C18H19N5O/c1-12-6-13(2)8-15(7-12)24-18-16(19)17(22-11-23-18)21-10-14-4-3-5-20-9-14/h3-9,11H,10,19H2,1-2H3,(H,21,22,23). The number of hydrogen-bond donors (Lipinski definition) is 2. The van der Waals surface area contributed by atoms with Gasteiger partial charge >= 0.3 is 0 Å². The second kappa shape index (κ2) is 6.95. The van der Waals surface area contributed by atoms with Crippen molar-refractivity contribution in [3.8, 4) is 11.6 Å². The number of pyridine rings is 1. The first kappa shape index (κ1) is 15.7. The van der Waals surface area contributed by atoms with Crippen LogP contribution in [0, 0.1) is 13.8 Å². The molecule has 0 radical (unpaired) electrons. The Labute approximate surface area is 140 Å². The van der Waals surface area contributed by atoms with Crippen LogP contribution in [0.5, 0.6) is 11.6 Å². The van der Waals surface area contributed by atoms with Gasteiger partial charge in [-0.05, 0) is 48.7 Å². The van der Waals surface area contributed by atoms with E-state index in [-0.39, 0.29) is 0 Å². The molecule has 0 fully saturated rings. The molecular formula is C18H19N5O. The third-order valence-corrected chi connectivity index (χ3v) is 3.44. The van der Waals surface area contributed by atoms with Crippen LogP contribution >= 0.6 is 0 Å². The Bertz CT molecular complexity index is 816. The van der Waals surface area contributed by atoms with Crippen LogP contribution in [0.4, 0.5) is 11.5 Å². The molecule has 0 aliphatic carbocycles. The van der Waals surface area contributed by atoms with E-state index in [4.69, 9.17) is 10.5 Å². The highest BCUT2D eigenvalue weighted by atomic mass is 16.5. The van der Waals surface area contributed by atoms with Gasteiger partial charge in [-0.1, -0.05) is 12.1 Å². The number of nitrogens with zero attached hydrogens (tertiary/aromatic N) is 3. The van der Waals surface area contributed by atoms with Crippen molar-refractivity contribution in [2.75, 3.05) is 11.1 Å². The van der Waals surface area contributed by atoms with Crippen molar-refractivity contribution in [3.63, 3.8) is 0 Å². The van der Waals surface area contributed by atoms with Crippen LogP contribution < -0.4 is 15.8 Å². The van der Waals surface area contributed by atoms with Gasteiger partial charge in [-0.15, -0.1) is 0 Å². The second-order valence-corrected chi connectivity index (χ2v) is 5.58. The first-order valence-electron chi connectivity index (χ1n) is 7.61. The van der Waals surface area contributed by atoms with E-state index in [1.54, 1.807) is 12.4 Å². The summed E-state index contributed by atoms with van der Waals surface area (Å²) in [6, 6.07) is 9.82. The molecule has 24 heavy (non-hydrogen) atoms. The molecule has 0 aliphatic rings. The van der Waals surface area contributed by atoms with Gasteiger partial charge in [0.2, 0.25) is 5.88 Å². The number of ether oxygens (including phenoxy) is 1. The van der Waals surface area contributed by atoms with Gasteiger partial charge in [-0.2, -0.15) is 4.98 Å². The lowest BCUT2D eigenvalue weighted by molar-refractivity contribution is 0.464. The molecule has 0 amide bonds. The minimum atomic E-state index is 0.337. The third kappa shape index (κ3) is 3.78. The number of aryl methyl sites for hydroxylation is 2. The molecule has 0 atom stereocenters. The molecule has 2 heterocycles. The molecule has 0 spiro atoms. The van der Waals surface area contributed by atoms with Crippen LogP contribution in [0.2, 0.25) is 0 Å². The van der Waals surface area contributed by atoms with E-state index in [0.29, 0.717) is 29.7 Å². The van der Waals surface area contributed by atoms with Crippen molar-refractivity contribution in [3.05, 3.63) is 65.7 Å². The molecule has 0 saturated carbocycles. The van der Waals surface area contributed by atoms with E-state index in [1.807, 2.05) is 38.1 Å². The molecule has 6 nitrogen and oxygen atoms in total. The number of rotatable bonds is 5. The molecule has 122 valence electrons. The highest BCUT2D eigenvalue weighted by Crippen LogP contribution is 2.30. The van der Waals surface area contributed by atoms with Crippen LogP contribution in [-0.2, 0) is 6.54 Å². The van der Waals surface area contributed by atoms with Gasteiger partial charge < -0.3 is 15.8 Å².